The van der Waals surface area contributed by atoms with Gasteiger partial charge in [-0.3, -0.25) is 4.79 Å². The summed E-state index contributed by atoms with van der Waals surface area (Å²) in [5.41, 5.74) is 3.25. The first kappa shape index (κ1) is 13.8. The number of hydrogen-bond acceptors (Lipinski definition) is 4. The van der Waals surface area contributed by atoms with E-state index in [-0.39, 0.29) is 18.4 Å². The summed E-state index contributed by atoms with van der Waals surface area (Å²) in [6.45, 7) is 3.00. The third kappa shape index (κ3) is 3.31. The van der Waals surface area contributed by atoms with Gasteiger partial charge in [0.2, 0.25) is 5.91 Å². The van der Waals surface area contributed by atoms with Gasteiger partial charge in [0.15, 0.2) is 0 Å². The highest BCUT2D eigenvalue weighted by Crippen LogP contribution is 2.26. The SMILES string of the molecule is Cc1cc(CC(=O)NC[C@@H]2OCCc3ccccc32)on1. The van der Waals surface area contributed by atoms with Gasteiger partial charge < -0.3 is 14.6 Å². The zero-order valence-electron chi connectivity index (χ0n) is 12.0. The van der Waals surface area contributed by atoms with Crippen molar-refractivity contribution >= 4 is 5.91 Å². The van der Waals surface area contributed by atoms with Gasteiger partial charge in [-0.2, -0.15) is 0 Å². The van der Waals surface area contributed by atoms with E-state index in [1.165, 1.54) is 11.1 Å². The highest BCUT2D eigenvalue weighted by atomic mass is 16.5. The van der Waals surface area contributed by atoms with Crippen LogP contribution in [0.1, 0.15) is 28.7 Å². The molecule has 1 atom stereocenters. The molecule has 0 bridgehead atoms. The molecule has 0 saturated carbocycles. The van der Waals surface area contributed by atoms with Crippen molar-refractivity contribution in [2.45, 2.75) is 25.9 Å². The zero-order chi connectivity index (χ0) is 14.7. The third-order valence-electron chi connectivity index (χ3n) is 3.59. The smallest absolute Gasteiger partial charge is 0.227 e. The molecule has 3 rings (SSSR count). The summed E-state index contributed by atoms with van der Waals surface area (Å²) in [6.07, 6.45) is 1.06. The standard InChI is InChI=1S/C16H18N2O3/c1-11-8-13(21-18-11)9-16(19)17-10-15-14-5-3-2-4-12(14)6-7-20-15/h2-5,8,15H,6-7,9-10H2,1H3,(H,17,19)/t15-/m0/s1. The van der Waals surface area contributed by atoms with Crippen molar-refractivity contribution in [2.24, 2.45) is 0 Å². The maximum atomic E-state index is 11.9. The lowest BCUT2D eigenvalue weighted by Gasteiger charge is -2.26. The molecule has 1 aromatic heterocycles. The molecule has 5 nitrogen and oxygen atoms in total. The summed E-state index contributed by atoms with van der Waals surface area (Å²) in [5.74, 6) is 0.493. The van der Waals surface area contributed by atoms with Gasteiger partial charge in [0, 0.05) is 12.6 Å². The Hall–Kier alpha value is -2.14. The van der Waals surface area contributed by atoms with Gasteiger partial charge in [-0.15, -0.1) is 0 Å². The number of benzene rings is 1. The molecule has 0 aliphatic carbocycles. The van der Waals surface area contributed by atoms with Gasteiger partial charge >= 0.3 is 0 Å². The predicted octanol–water partition coefficient (Wildman–Crippen LogP) is 1.96. The molecule has 1 aliphatic rings. The Morgan fingerprint density at radius 1 is 1.43 bits per heavy atom. The van der Waals surface area contributed by atoms with Crippen LogP contribution in [0.15, 0.2) is 34.9 Å². The Bertz CT molecular complexity index is 636. The van der Waals surface area contributed by atoms with Crippen LogP contribution in [0.5, 0.6) is 0 Å². The molecule has 0 radical (unpaired) electrons. The molecule has 110 valence electrons. The molecule has 0 fully saturated rings. The number of amides is 1. The molecule has 21 heavy (non-hydrogen) atoms. The molecule has 2 aromatic rings. The van der Waals surface area contributed by atoms with Crippen LogP contribution < -0.4 is 5.32 Å². The number of carbonyl (C=O) groups excluding carboxylic acids is 1. The number of fused-ring (bicyclic) bond motifs is 1. The number of nitrogens with zero attached hydrogens (tertiary/aromatic N) is 1. The quantitative estimate of drug-likeness (QED) is 0.933. The third-order valence-corrected chi connectivity index (χ3v) is 3.59. The van der Waals surface area contributed by atoms with Gasteiger partial charge in [-0.05, 0) is 24.5 Å². The molecule has 0 saturated heterocycles. The largest absolute Gasteiger partial charge is 0.371 e. The summed E-state index contributed by atoms with van der Waals surface area (Å²) < 4.78 is 10.8. The maximum absolute atomic E-state index is 11.9. The molecule has 1 aliphatic heterocycles. The lowest BCUT2D eigenvalue weighted by atomic mass is 9.97. The van der Waals surface area contributed by atoms with Crippen LogP contribution in [0, 0.1) is 6.92 Å². The molecule has 1 amide bonds. The van der Waals surface area contributed by atoms with E-state index in [1.807, 2.05) is 19.1 Å². The minimum Gasteiger partial charge on any atom is -0.371 e. The fourth-order valence-electron chi connectivity index (χ4n) is 2.57. The second-order valence-corrected chi connectivity index (χ2v) is 5.22. The second kappa shape index (κ2) is 6.10. The molecule has 0 unspecified atom stereocenters. The summed E-state index contributed by atoms with van der Waals surface area (Å²) in [5, 5.41) is 6.67. The van der Waals surface area contributed by atoms with Crippen molar-refractivity contribution in [3.8, 4) is 0 Å². The number of ether oxygens (including phenoxy) is 1. The van der Waals surface area contributed by atoms with E-state index >= 15 is 0 Å². The van der Waals surface area contributed by atoms with E-state index in [0.717, 1.165) is 12.1 Å². The summed E-state index contributed by atoms with van der Waals surface area (Å²) in [7, 11) is 0. The average molecular weight is 286 g/mol. The van der Waals surface area contributed by atoms with Crippen LogP contribution >= 0.6 is 0 Å². The molecule has 1 aromatic carbocycles. The average Bonchev–Trinajstić information content (AvgIpc) is 2.90. The number of carbonyl (C=O) groups is 1. The molecular weight excluding hydrogens is 268 g/mol. The molecule has 1 N–H and O–H groups in total. The highest BCUT2D eigenvalue weighted by Gasteiger charge is 2.21. The van der Waals surface area contributed by atoms with Crippen molar-refractivity contribution in [3.63, 3.8) is 0 Å². The van der Waals surface area contributed by atoms with Crippen LogP contribution in [-0.4, -0.2) is 24.2 Å². The lowest BCUT2D eigenvalue weighted by molar-refractivity contribution is -0.121. The van der Waals surface area contributed by atoms with Crippen LogP contribution in [0.4, 0.5) is 0 Å². The van der Waals surface area contributed by atoms with Gasteiger partial charge in [0.05, 0.1) is 18.7 Å². The fraction of sp³-hybridized carbons (Fsp3) is 0.375. The van der Waals surface area contributed by atoms with E-state index in [0.29, 0.717) is 18.9 Å². The molecular formula is C16H18N2O3. The molecule has 5 heteroatoms. The van der Waals surface area contributed by atoms with Crippen LogP contribution in [0.3, 0.4) is 0 Å². The lowest BCUT2D eigenvalue weighted by Crippen LogP contribution is -2.32. The van der Waals surface area contributed by atoms with E-state index in [9.17, 15) is 4.79 Å². The van der Waals surface area contributed by atoms with Crippen LogP contribution in [0.2, 0.25) is 0 Å². The minimum absolute atomic E-state index is 0.0737. The van der Waals surface area contributed by atoms with Crippen molar-refractivity contribution in [3.05, 3.63) is 52.9 Å². The minimum atomic E-state index is -0.0854. The van der Waals surface area contributed by atoms with Crippen molar-refractivity contribution in [1.82, 2.24) is 10.5 Å². The Labute approximate surface area is 123 Å². The van der Waals surface area contributed by atoms with Crippen LogP contribution in [0.25, 0.3) is 0 Å². The van der Waals surface area contributed by atoms with E-state index < -0.39 is 0 Å². The van der Waals surface area contributed by atoms with Crippen molar-refractivity contribution in [2.75, 3.05) is 13.2 Å². The summed E-state index contributed by atoms with van der Waals surface area (Å²) >= 11 is 0. The Morgan fingerprint density at radius 3 is 3.10 bits per heavy atom. The second-order valence-electron chi connectivity index (χ2n) is 5.22. The fourth-order valence-corrected chi connectivity index (χ4v) is 2.57. The van der Waals surface area contributed by atoms with Crippen molar-refractivity contribution < 1.29 is 14.1 Å². The zero-order valence-corrected chi connectivity index (χ0v) is 12.0. The number of aryl methyl sites for hydroxylation is 1. The van der Waals surface area contributed by atoms with Crippen LogP contribution in [-0.2, 0) is 22.4 Å². The van der Waals surface area contributed by atoms with E-state index in [4.69, 9.17) is 9.26 Å². The number of rotatable bonds is 4. The number of hydrogen-bond donors (Lipinski definition) is 1. The Balaban J connectivity index is 1.57. The molecule has 0 spiro atoms. The Kier molecular flexibility index (Phi) is 4.01. The maximum Gasteiger partial charge on any atom is 0.227 e. The van der Waals surface area contributed by atoms with Crippen molar-refractivity contribution in [1.29, 1.82) is 0 Å². The van der Waals surface area contributed by atoms with E-state index in [2.05, 4.69) is 22.6 Å². The first-order valence-corrected chi connectivity index (χ1v) is 7.10. The number of aromatic nitrogens is 1. The summed E-state index contributed by atoms with van der Waals surface area (Å²) in [6, 6.07) is 9.98. The Morgan fingerprint density at radius 2 is 2.29 bits per heavy atom. The van der Waals surface area contributed by atoms with Gasteiger partial charge in [-0.25, -0.2) is 0 Å². The van der Waals surface area contributed by atoms with E-state index in [1.54, 1.807) is 6.07 Å². The monoisotopic (exact) mass is 286 g/mol. The summed E-state index contributed by atoms with van der Waals surface area (Å²) in [4.78, 5) is 11.9. The first-order valence-electron chi connectivity index (χ1n) is 7.10. The van der Waals surface area contributed by atoms with Gasteiger partial charge in [-0.1, -0.05) is 29.4 Å². The van der Waals surface area contributed by atoms with Gasteiger partial charge in [0.25, 0.3) is 0 Å². The highest BCUT2D eigenvalue weighted by molar-refractivity contribution is 5.77. The van der Waals surface area contributed by atoms with Gasteiger partial charge in [0.1, 0.15) is 11.9 Å². The first-order chi connectivity index (χ1) is 10.2. The topological polar surface area (TPSA) is 64.4 Å². The molecule has 2 heterocycles. The normalized spacial score (nSPS) is 17.3. The predicted molar refractivity (Wildman–Crippen MR) is 76.8 cm³/mol. The number of nitrogens with one attached hydrogen (secondary N) is 1.